The molecule has 0 spiro atoms. The quantitative estimate of drug-likeness (QED) is 0.597. The van der Waals surface area contributed by atoms with E-state index in [2.05, 4.69) is 4.98 Å². The molecule has 1 aromatic carbocycles. The molecule has 2 aromatic rings. The normalized spacial score (nSPS) is 22.9. The number of rotatable bonds is 4. The zero-order valence-corrected chi connectivity index (χ0v) is 22.2. The summed E-state index contributed by atoms with van der Waals surface area (Å²) in [7, 11) is 3.15. The van der Waals surface area contributed by atoms with Crippen LogP contribution in [0.4, 0.5) is 10.5 Å². The second-order valence-corrected chi connectivity index (χ2v) is 10.4. The largest absolute Gasteiger partial charge is 0.465 e. The van der Waals surface area contributed by atoms with E-state index < -0.39 is 11.9 Å². The first-order valence-electron chi connectivity index (χ1n) is 12.0. The molecule has 1 aliphatic carbocycles. The number of benzene rings is 1. The third kappa shape index (κ3) is 4.40. The van der Waals surface area contributed by atoms with Crippen LogP contribution in [-0.2, 0) is 0 Å². The lowest BCUT2D eigenvalue weighted by atomic mass is 9.81. The van der Waals surface area contributed by atoms with E-state index in [1.54, 1.807) is 40.9 Å². The maximum atomic E-state index is 13.5. The number of carbonyl (C=O) groups excluding carboxylic acids is 1. The topological polar surface area (TPSA) is 112 Å². The minimum absolute atomic E-state index is 0.0226. The Bertz CT molecular complexity index is 1280. The van der Waals surface area contributed by atoms with Crippen molar-refractivity contribution in [1.29, 1.82) is 0 Å². The Morgan fingerprint density at radius 3 is 2.28 bits per heavy atom. The van der Waals surface area contributed by atoms with Crippen LogP contribution >= 0.6 is 11.6 Å². The van der Waals surface area contributed by atoms with Crippen LogP contribution < -0.4 is 19.9 Å². The summed E-state index contributed by atoms with van der Waals surface area (Å²) in [4.78, 5) is 42.8. The van der Waals surface area contributed by atoms with Crippen molar-refractivity contribution in [3.8, 4) is 11.5 Å². The molecule has 2 N–H and O–H groups in total. The Balaban J connectivity index is 1.59. The highest BCUT2D eigenvalue weighted by Gasteiger charge is 2.48. The number of carbonyl (C=O) groups is 2. The number of nitrogens with one attached hydrogen (secondary N) is 1. The third-order valence-electron chi connectivity index (χ3n) is 7.54. The van der Waals surface area contributed by atoms with Gasteiger partial charge in [-0.15, -0.1) is 0 Å². The number of fused-ring (bicyclic) bond motifs is 1. The molecule has 0 saturated heterocycles. The van der Waals surface area contributed by atoms with Crippen LogP contribution in [0.5, 0.6) is 11.5 Å². The van der Waals surface area contributed by atoms with E-state index in [0.717, 1.165) is 12.8 Å². The van der Waals surface area contributed by atoms with E-state index in [1.165, 1.54) is 9.80 Å². The average molecular weight is 518 g/mol. The van der Waals surface area contributed by atoms with Crippen molar-refractivity contribution >= 4 is 29.3 Å². The molecule has 2 heterocycles. The van der Waals surface area contributed by atoms with Gasteiger partial charge in [0.25, 0.3) is 17.3 Å². The van der Waals surface area contributed by atoms with Crippen LogP contribution in [-0.4, -0.2) is 52.9 Å². The van der Waals surface area contributed by atoms with Gasteiger partial charge < -0.3 is 29.4 Å². The summed E-state index contributed by atoms with van der Waals surface area (Å²) in [5.74, 6) is -0.536. The number of aromatic amines is 1. The molecule has 0 bridgehead atoms. The number of anilines is 1. The lowest BCUT2D eigenvalue weighted by Gasteiger charge is -2.39. The summed E-state index contributed by atoms with van der Waals surface area (Å²) in [5.41, 5.74) is 2.23. The predicted octanol–water partition coefficient (Wildman–Crippen LogP) is 4.89. The molecule has 1 unspecified atom stereocenters. The first kappa shape index (κ1) is 25.9. The Kier molecular flexibility index (Phi) is 6.72. The number of ether oxygens (including phenoxy) is 2. The maximum absolute atomic E-state index is 13.5. The maximum Gasteiger partial charge on any atom is 0.407 e. The highest BCUT2D eigenvalue weighted by atomic mass is 35.5. The highest BCUT2D eigenvalue weighted by Crippen LogP contribution is 2.52. The second-order valence-electron chi connectivity index (χ2n) is 9.99. The molecule has 2 amide bonds. The standard InChI is InChI=1S/C26H32ClN3O6/c1-13-11-14(2)28-23(31)20(13)30(6)24(32)18-12-19(27)22-21(15(18)3)35-26(4,36-22)16-7-9-17(10-8-16)29(5)25(33)34/h11-12,16-17H,7-10H2,1-6H3,(H,28,31)(H,33,34)/t16-,17-,26?. The van der Waals surface area contributed by atoms with Gasteiger partial charge in [0.2, 0.25) is 0 Å². The number of hydrogen-bond donors (Lipinski definition) is 2. The molecular formula is C26H32ClN3O6. The first-order chi connectivity index (χ1) is 16.8. The monoisotopic (exact) mass is 517 g/mol. The van der Waals surface area contributed by atoms with E-state index in [4.69, 9.17) is 21.1 Å². The third-order valence-corrected chi connectivity index (χ3v) is 7.82. The average Bonchev–Trinajstić information content (AvgIpc) is 3.19. The Morgan fingerprint density at radius 1 is 1.08 bits per heavy atom. The van der Waals surface area contributed by atoms with Crippen LogP contribution in [0.3, 0.4) is 0 Å². The Labute approximate surface area is 214 Å². The highest BCUT2D eigenvalue weighted by molar-refractivity contribution is 6.33. The minimum atomic E-state index is -0.984. The summed E-state index contributed by atoms with van der Waals surface area (Å²) in [6, 6.07) is 3.33. The fraction of sp³-hybridized carbons (Fsp3) is 0.500. The SMILES string of the molecule is Cc1cc(C)c(N(C)C(=O)c2cc(Cl)c3c(c2C)OC(C)([C@H]2CC[C@H](N(C)C(=O)O)CC2)O3)c(=O)[nH]1. The van der Waals surface area contributed by atoms with Crippen LogP contribution in [0.1, 0.15) is 59.8 Å². The van der Waals surface area contributed by atoms with Gasteiger partial charge >= 0.3 is 6.09 Å². The molecule has 2 aliphatic rings. The molecule has 1 aliphatic heterocycles. The first-order valence-corrected chi connectivity index (χ1v) is 12.4. The number of amides is 2. The van der Waals surface area contributed by atoms with E-state index in [9.17, 15) is 19.5 Å². The number of pyridine rings is 1. The molecular weight excluding hydrogens is 486 g/mol. The predicted molar refractivity (Wildman–Crippen MR) is 137 cm³/mol. The van der Waals surface area contributed by atoms with Gasteiger partial charge in [0, 0.05) is 49.8 Å². The number of hydrogen-bond acceptors (Lipinski definition) is 5. The van der Waals surface area contributed by atoms with Crippen molar-refractivity contribution in [1.82, 2.24) is 9.88 Å². The zero-order valence-electron chi connectivity index (χ0n) is 21.4. The van der Waals surface area contributed by atoms with E-state index >= 15 is 0 Å². The lowest BCUT2D eigenvalue weighted by molar-refractivity contribution is -0.123. The van der Waals surface area contributed by atoms with Gasteiger partial charge in [-0.3, -0.25) is 9.59 Å². The molecule has 1 saturated carbocycles. The van der Waals surface area contributed by atoms with Gasteiger partial charge in [0.05, 0.1) is 5.02 Å². The summed E-state index contributed by atoms with van der Waals surface area (Å²) >= 11 is 6.58. The summed E-state index contributed by atoms with van der Waals surface area (Å²) in [6.45, 7) is 7.21. The number of H-pyrrole nitrogens is 1. The van der Waals surface area contributed by atoms with Crippen molar-refractivity contribution in [2.45, 2.75) is 65.2 Å². The second kappa shape index (κ2) is 9.35. The van der Waals surface area contributed by atoms with Crippen molar-refractivity contribution in [3.63, 3.8) is 0 Å². The summed E-state index contributed by atoms with van der Waals surface area (Å²) in [6.07, 6.45) is 1.94. The smallest absolute Gasteiger partial charge is 0.407 e. The molecule has 1 aromatic heterocycles. The molecule has 36 heavy (non-hydrogen) atoms. The minimum Gasteiger partial charge on any atom is -0.465 e. The molecule has 4 rings (SSSR count). The van der Waals surface area contributed by atoms with Gasteiger partial charge in [-0.1, -0.05) is 11.6 Å². The van der Waals surface area contributed by atoms with Crippen molar-refractivity contribution in [3.05, 3.63) is 49.9 Å². The summed E-state index contributed by atoms with van der Waals surface area (Å²) in [5, 5.41) is 9.53. The van der Waals surface area contributed by atoms with Crippen molar-refractivity contribution in [2.75, 3.05) is 19.0 Å². The molecule has 194 valence electrons. The number of aryl methyl sites for hydroxylation is 2. The van der Waals surface area contributed by atoms with Gasteiger partial charge in [-0.2, -0.15) is 0 Å². The molecule has 9 nitrogen and oxygen atoms in total. The fourth-order valence-corrected chi connectivity index (χ4v) is 5.66. The lowest BCUT2D eigenvalue weighted by Crippen LogP contribution is -2.47. The molecule has 1 atom stereocenters. The Hall–Kier alpha value is -3.20. The van der Waals surface area contributed by atoms with Gasteiger partial charge in [-0.25, -0.2) is 4.79 Å². The van der Waals surface area contributed by atoms with Crippen LogP contribution in [0.25, 0.3) is 0 Å². The number of halogens is 1. The van der Waals surface area contributed by atoms with Gasteiger partial charge in [-0.05, 0) is 64.2 Å². The van der Waals surface area contributed by atoms with Gasteiger partial charge in [0.15, 0.2) is 11.5 Å². The van der Waals surface area contributed by atoms with Crippen molar-refractivity contribution in [2.24, 2.45) is 5.92 Å². The van der Waals surface area contributed by atoms with E-state index in [0.29, 0.717) is 46.7 Å². The molecule has 0 radical (unpaired) electrons. The zero-order chi connectivity index (χ0) is 26.5. The van der Waals surface area contributed by atoms with Crippen LogP contribution in [0.2, 0.25) is 5.02 Å². The fourth-order valence-electron chi connectivity index (χ4n) is 5.42. The number of aromatic nitrogens is 1. The van der Waals surface area contributed by atoms with Gasteiger partial charge in [0.1, 0.15) is 5.69 Å². The number of carboxylic acid groups (broad SMARTS) is 1. The number of nitrogens with zero attached hydrogens (tertiary/aromatic N) is 2. The van der Waals surface area contributed by atoms with E-state index in [1.807, 2.05) is 13.0 Å². The molecule has 10 heteroatoms. The van der Waals surface area contributed by atoms with Crippen LogP contribution in [0, 0.1) is 26.7 Å². The van der Waals surface area contributed by atoms with Crippen LogP contribution in [0.15, 0.2) is 16.9 Å². The van der Waals surface area contributed by atoms with E-state index in [-0.39, 0.29) is 34.1 Å². The van der Waals surface area contributed by atoms with Crippen molar-refractivity contribution < 1.29 is 24.2 Å². The molecule has 1 fully saturated rings. The Morgan fingerprint density at radius 2 is 1.69 bits per heavy atom. The summed E-state index contributed by atoms with van der Waals surface area (Å²) < 4.78 is 12.6.